The van der Waals surface area contributed by atoms with Crippen LogP contribution in [0, 0.1) is 5.92 Å². The Balaban J connectivity index is 0.00000103. The first-order valence-electron chi connectivity index (χ1n) is 12.4. The van der Waals surface area contributed by atoms with Crippen molar-refractivity contribution in [3.63, 3.8) is 0 Å². The maximum Gasteiger partial charge on any atom is 0.130 e. The van der Waals surface area contributed by atoms with Crippen molar-refractivity contribution in [1.29, 1.82) is 0 Å². The van der Waals surface area contributed by atoms with Gasteiger partial charge in [-0.3, -0.25) is 0 Å². The molecule has 4 heteroatoms. The highest BCUT2D eigenvalue weighted by Crippen LogP contribution is 2.34. The van der Waals surface area contributed by atoms with Gasteiger partial charge in [0.25, 0.3) is 0 Å². The molecule has 0 fully saturated rings. The Labute approximate surface area is 205 Å². The summed E-state index contributed by atoms with van der Waals surface area (Å²) in [7, 11) is 3.34. The van der Waals surface area contributed by atoms with Crippen LogP contribution in [0.1, 0.15) is 49.8 Å². The Bertz CT molecular complexity index is 1030. The second kappa shape index (κ2) is 13.0. The van der Waals surface area contributed by atoms with Crippen molar-refractivity contribution in [3.05, 3.63) is 77.4 Å². The van der Waals surface area contributed by atoms with Gasteiger partial charge in [0.1, 0.15) is 23.9 Å². The van der Waals surface area contributed by atoms with E-state index in [1.54, 1.807) is 14.2 Å². The summed E-state index contributed by atoms with van der Waals surface area (Å²) in [5.41, 5.74) is 11.9. The molecule has 0 aliphatic heterocycles. The largest absolute Gasteiger partial charge is 0.497 e. The van der Waals surface area contributed by atoms with E-state index in [-0.39, 0.29) is 0 Å². The molecule has 1 aliphatic carbocycles. The molecule has 1 atom stereocenters. The summed E-state index contributed by atoms with van der Waals surface area (Å²) < 4.78 is 16.9. The first kappa shape index (κ1) is 25.6. The van der Waals surface area contributed by atoms with Gasteiger partial charge < -0.3 is 19.9 Å². The number of nitrogens with two attached hydrogens (primary N) is 1. The highest BCUT2D eigenvalue weighted by Gasteiger charge is 2.18. The summed E-state index contributed by atoms with van der Waals surface area (Å²) >= 11 is 0. The molecule has 0 spiro atoms. The average molecular weight is 462 g/mol. The van der Waals surface area contributed by atoms with Crippen LogP contribution < -0.4 is 19.9 Å². The van der Waals surface area contributed by atoms with Gasteiger partial charge in [-0.2, -0.15) is 0 Å². The fourth-order valence-corrected chi connectivity index (χ4v) is 4.36. The van der Waals surface area contributed by atoms with E-state index in [1.165, 1.54) is 24.0 Å². The molecule has 0 saturated heterocycles. The fraction of sp³-hybridized carbons (Fsp3) is 0.400. The third-order valence-electron chi connectivity index (χ3n) is 6.16. The Morgan fingerprint density at radius 2 is 1.59 bits per heavy atom. The molecule has 182 valence electrons. The molecule has 0 radical (unpaired) electrons. The van der Waals surface area contributed by atoms with E-state index < -0.39 is 0 Å². The normalized spacial score (nSPS) is 14.4. The van der Waals surface area contributed by atoms with Gasteiger partial charge in [0.05, 0.1) is 14.2 Å². The molecule has 3 aromatic rings. The van der Waals surface area contributed by atoms with Crippen molar-refractivity contribution in [2.75, 3.05) is 20.8 Å². The molecule has 0 bridgehead atoms. The molecule has 4 nitrogen and oxygen atoms in total. The minimum atomic E-state index is 0.550. The zero-order valence-corrected chi connectivity index (χ0v) is 21.1. The second-order valence-electron chi connectivity index (χ2n) is 8.88. The third kappa shape index (κ3) is 6.77. The lowest BCUT2D eigenvalue weighted by molar-refractivity contribution is 0.305. The van der Waals surface area contributed by atoms with Crippen LogP contribution in [-0.2, 0) is 19.4 Å². The van der Waals surface area contributed by atoms with Crippen LogP contribution >= 0.6 is 0 Å². The van der Waals surface area contributed by atoms with Gasteiger partial charge in [0.15, 0.2) is 0 Å². The van der Waals surface area contributed by atoms with E-state index >= 15 is 0 Å². The smallest absolute Gasteiger partial charge is 0.130 e. The van der Waals surface area contributed by atoms with Crippen LogP contribution in [0.15, 0.2) is 60.7 Å². The van der Waals surface area contributed by atoms with Gasteiger partial charge in [-0.1, -0.05) is 50.6 Å². The highest BCUT2D eigenvalue weighted by atomic mass is 16.5. The molecule has 0 aromatic heterocycles. The molecule has 3 aromatic carbocycles. The lowest BCUT2D eigenvalue weighted by Crippen LogP contribution is -2.17. The van der Waals surface area contributed by atoms with Crippen LogP contribution in [0.4, 0.5) is 0 Å². The molecular weight excluding hydrogens is 422 g/mol. The highest BCUT2D eigenvalue weighted by molar-refractivity contribution is 5.71. The van der Waals surface area contributed by atoms with E-state index in [1.807, 2.05) is 18.2 Å². The van der Waals surface area contributed by atoms with Gasteiger partial charge in [-0.15, -0.1) is 0 Å². The van der Waals surface area contributed by atoms with E-state index in [4.69, 9.17) is 19.9 Å². The lowest BCUT2D eigenvalue weighted by Gasteiger charge is -2.24. The van der Waals surface area contributed by atoms with E-state index in [0.717, 1.165) is 65.7 Å². The summed E-state index contributed by atoms with van der Waals surface area (Å²) in [6, 6.07) is 20.8. The second-order valence-corrected chi connectivity index (χ2v) is 8.88. The monoisotopic (exact) mass is 461 g/mol. The van der Waals surface area contributed by atoms with Gasteiger partial charge >= 0.3 is 0 Å². The topological polar surface area (TPSA) is 53.7 Å². The standard InChI is InChI=1S/C27H31NO3.C3H8/c1-29-24-11-12-26(27(17-24)30-2)21-6-4-20(5-7-21)18-31-25-10-9-22-15-19(13-14-28)3-8-23(22)16-25;1-3-2/h4-7,9-12,16-17,19H,3,8,13-15,18,28H2,1-2H3;3H2,1-2H3. The quantitative estimate of drug-likeness (QED) is 0.400. The minimum absolute atomic E-state index is 0.550. The maximum atomic E-state index is 6.09. The van der Waals surface area contributed by atoms with Crippen molar-refractivity contribution in [1.82, 2.24) is 0 Å². The molecule has 2 N–H and O–H groups in total. The predicted molar refractivity (Wildman–Crippen MR) is 141 cm³/mol. The summed E-state index contributed by atoms with van der Waals surface area (Å²) in [5.74, 6) is 3.25. The number of fused-ring (bicyclic) bond motifs is 1. The van der Waals surface area contributed by atoms with Crippen LogP contribution in [0.5, 0.6) is 17.2 Å². The van der Waals surface area contributed by atoms with Gasteiger partial charge in [-0.25, -0.2) is 0 Å². The zero-order chi connectivity index (χ0) is 24.3. The number of hydrogen-bond donors (Lipinski definition) is 1. The molecule has 34 heavy (non-hydrogen) atoms. The zero-order valence-electron chi connectivity index (χ0n) is 21.1. The van der Waals surface area contributed by atoms with Crippen LogP contribution in [0.3, 0.4) is 0 Å². The first-order chi connectivity index (χ1) is 16.6. The van der Waals surface area contributed by atoms with Crippen LogP contribution in [-0.4, -0.2) is 20.8 Å². The van der Waals surface area contributed by atoms with Gasteiger partial charge in [0, 0.05) is 11.6 Å². The number of benzene rings is 3. The van der Waals surface area contributed by atoms with Gasteiger partial charge in [-0.05, 0) is 84.7 Å². The van der Waals surface area contributed by atoms with Crippen LogP contribution in [0.25, 0.3) is 11.1 Å². The molecular formula is C30H39NO3. The number of rotatable bonds is 8. The Morgan fingerprint density at radius 3 is 2.26 bits per heavy atom. The number of ether oxygens (including phenoxy) is 3. The number of hydrogen-bond acceptors (Lipinski definition) is 4. The van der Waals surface area contributed by atoms with Crippen LogP contribution in [0.2, 0.25) is 0 Å². The molecule has 0 heterocycles. The van der Waals surface area contributed by atoms with E-state index in [0.29, 0.717) is 6.61 Å². The third-order valence-corrected chi connectivity index (χ3v) is 6.16. The Morgan fingerprint density at radius 1 is 0.853 bits per heavy atom. The number of aryl methyl sites for hydroxylation is 1. The van der Waals surface area contributed by atoms with Crippen molar-refractivity contribution < 1.29 is 14.2 Å². The molecule has 4 rings (SSSR count). The Hall–Kier alpha value is -2.98. The molecule has 0 amide bonds. The predicted octanol–water partition coefficient (Wildman–Crippen LogP) is 6.82. The van der Waals surface area contributed by atoms with E-state index in [9.17, 15) is 0 Å². The summed E-state index contributed by atoms with van der Waals surface area (Å²) in [6.45, 7) is 5.58. The maximum absolute atomic E-state index is 6.09. The first-order valence-corrected chi connectivity index (χ1v) is 12.4. The Kier molecular flexibility index (Phi) is 9.84. The lowest BCUT2D eigenvalue weighted by atomic mass is 9.82. The summed E-state index contributed by atoms with van der Waals surface area (Å²) in [4.78, 5) is 0. The molecule has 0 saturated carbocycles. The fourth-order valence-electron chi connectivity index (χ4n) is 4.36. The van der Waals surface area contributed by atoms with Crippen molar-refractivity contribution in [2.45, 2.75) is 52.6 Å². The van der Waals surface area contributed by atoms with Crippen molar-refractivity contribution in [3.8, 4) is 28.4 Å². The van der Waals surface area contributed by atoms with Crippen molar-refractivity contribution in [2.24, 2.45) is 11.7 Å². The minimum Gasteiger partial charge on any atom is -0.497 e. The molecule has 1 unspecified atom stereocenters. The summed E-state index contributed by atoms with van der Waals surface area (Å²) in [6.07, 6.45) is 5.86. The summed E-state index contributed by atoms with van der Waals surface area (Å²) in [5, 5.41) is 0. The van der Waals surface area contributed by atoms with Crippen molar-refractivity contribution >= 4 is 0 Å². The molecule has 1 aliphatic rings. The van der Waals surface area contributed by atoms with E-state index in [2.05, 4.69) is 56.3 Å². The van der Waals surface area contributed by atoms with Gasteiger partial charge in [0.2, 0.25) is 0 Å². The number of methoxy groups -OCH3 is 2. The average Bonchev–Trinajstić information content (AvgIpc) is 2.88. The SMILES string of the molecule is CCC.COc1ccc(-c2ccc(COc3ccc4c(c3)CCC(CCN)C4)cc2)c(OC)c1.